The van der Waals surface area contributed by atoms with Crippen molar-refractivity contribution >= 4 is 5.91 Å². The van der Waals surface area contributed by atoms with E-state index in [-0.39, 0.29) is 11.3 Å². The second kappa shape index (κ2) is 6.88. The van der Waals surface area contributed by atoms with Gasteiger partial charge in [-0.3, -0.25) is 9.69 Å². The first kappa shape index (κ1) is 17.8. The summed E-state index contributed by atoms with van der Waals surface area (Å²) in [5.74, 6) is 1.59. The maximum atomic E-state index is 11.3. The molecule has 1 unspecified atom stereocenters. The van der Waals surface area contributed by atoms with Crippen molar-refractivity contribution in [3.63, 3.8) is 0 Å². The molecule has 1 aromatic rings. The monoisotopic (exact) mass is 356 g/mol. The number of carbonyl (C=O) groups excluding carboxylic acids is 1. The molecule has 26 heavy (non-hydrogen) atoms. The van der Waals surface area contributed by atoms with Crippen LogP contribution in [0.25, 0.3) is 0 Å². The van der Waals surface area contributed by atoms with E-state index in [1.54, 1.807) is 0 Å². The molecular formula is C22H32N2O2. The fourth-order valence-corrected chi connectivity index (χ4v) is 5.84. The molecule has 2 bridgehead atoms. The standard InChI is InChI=1S/C22H32N2O2/c1-15-20-12-17-7-8-18(25)13-19(17)22(15,9-3-6-21(23)26)10-11-24(20)14-16-4-2-5-16/h7-8,13,15-16,20,25H,2-6,9-12,14H2,1H3,(H2,23,26)/t15-,20+,22?/m0/s1. The lowest BCUT2D eigenvalue weighted by atomic mass is 9.56. The van der Waals surface area contributed by atoms with Gasteiger partial charge in [-0.2, -0.15) is 0 Å². The van der Waals surface area contributed by atoms with Crippen LogP contribution in [0.15, 0.2) is 18.2 Å². The van der Waals surface area contributed by atoms with E-state index in [4.69, 9.17) is 5.73 Å². The topological polar surface area (TPSA) is 66.6 Å². The Morgan fingerprint density at radius 2 is 2.19 bits per heavy atom. The lowest BCUT2D eigenvalue weighted by Gasteiger charge is -2.57. The van der Waals surface area contributed by atoms with E-state index >= 15 is 0 Å². The number of amides is 1. The summed E-state index contributed by atoms with van der Waals surface area (Å²) in [7, 11) is 0. The molecule has 3 aliphatic rings. The summed E-state index contributed by atoms with van der Waals surface area (Å²) in [6, 6.07) is 6.53. The molecule has 3 atom stereocenters. The smallest absolute Gasteiger partial charge is 0.217 e. The Hall–Kier alpha value is -1.55. The van der Waals surface area contributed by atoms with Gasteiger partial charge in [0.1, 0.15) is 5.75 Å². The highest BCUT2D eigenvalue weighted by molar-refractivity contribution is 5.73. The Labute approximate surface area is 156 Å². The van der Waals surface area contributed by atoms with Gasteiger partial charge < -0.3 is 10.8 Å². The second-order valence-corrected chi connectivity index (χ2v) is 8.92. The largest absolute Gasteiger partial charge is 0.508 e. The van der Waals surface area contributed by atoms with Crippen molar-refractivity contribution in [1.82, 2.24) is 4.90 Å². The number of phenols is 1. The molecule has 0 spiro atoms. The third-order valence-corrected chi connectivity index (χ3v) is 7.59. The number of likely N-dealkylation sites (tertiary alicyclic amines) is 1. The van der Waals surface area contributed by atoms with E-state index in [2.05, 4.69) is 17.9 Å². The van der Waals surface area contributed by atoms with Gasteiger partial charge in [0.05, 0.1) is 0 Å². The summed E-state index contributed by atoms with van der Waals surface area (Å²) in [5, 5.41) is 10.1. The van der Waals surface area contributed by atoms with Gasteiger partial charge in [0.2, 0.25) is 5.91 Å². The van der Waals surface area contributed by atoms with Crippen molar-refractivity contribution in [2.24, 2.45) is 17.6 Å². The van der Waals surface area contributed by atoms with Crippen LogP contribution in [-0.2, 0) is 16.6 Å². The minimum Gasteiger partial charge on any atom is -0.508 e. The van der Waals surface area contributed by atoms with Crippen LogP contribution in [0.4, 0.5) is 0 Å². The van der Waals surface area contributed by atoms with Gasteiger partial charge >= 0.3 is 0 Å². The quantitative estimate of drug-likeness (QED) is 0.821. The zero-order chi connectivity index (χ0) is 18.3. The van der Waals surface area contributed by atoms with Crippen LogP contribution in [0.2, 0.25) is 0 Å². The van der Waals surface area contributed by atoms with Gasteiger partial charge in [-0.1, -0.05) is 19.4 Å². The minimum atomic E-state index is -0.208. The van der Waals surface area contributed by atoms with Gasteiger partial charge in [-0.25, -0.2) is 0 Å². The fourth-order valence-electron chi connectivity index (χ4n) is 5.84. The van der Waals surface area contributed by atoms with Crippen LogP contribution < -0.4 is 5.73 Å². The number of aromatic hydroxyl groups is 1. The predicted octanol–water partition coefficient (Wildman–Crippen LogP) is 3.35. The van der Waals surface area contributed by atoms with E-state index < -0.39 is 0 Å². The molecule has 0 radical (unpaired) electrons. The molecular weight excluding hydrogens is 324 g/mol. The molecule has 0 aromatic heterocycles. The highest BCUT2D eigenvalue weighted by Gasteiger charge is 2.51. The fraction of sp³-hybridized carbons (Fsp3) is 0.682. The Bertz CT molecular complexity index is 685. The predicted molar refractivity (Wildman–Crippen MR) is 103 cm³/mol. The van der Waals surface area contributed by atoms with E-state index in [0.29, 0.717) is 24.1 Å². The van der Waals surface area contributed by atoms with Gasteiger partial charge in [-0.05, 0) is 80.2 Å². The van der Waals surface area contributed by atoms with Crippen molar-refractivity contribution < 1.29 is 9.90 Å². The first-order valence-corrected chi connectivity index (χ1v) is 10.3. The van der Waals surface area contributed by atoms with Crippen molar-refractivity contribution in [2.75, 3.05) is 13.1 Å². The molecule has 2 fully saturated rings. The average molecular weight is 357 g/mol. The number of piperidine rings is 1. The highest BCUT2D eigenvalue weighted by atomic mass is 16.3. The van der Waals surface area contributed by atoms with E-state index in [9.17, 15) is 9.90 Å². The van der Waals surface area contributed by atoms with Crippen LogP contribution >= 0.6 is 0 Å². The molecule has 1 aromatic carbocycles. The summed E-state index contributed by atoms with van der Waals surface area (Å²) in [5.41, 5.74) is 8.19. The average Bonchev–Trinajstić information content (AvgIpc) is 2.55. The van der Waals surface area contributed by atoms with E-state index in [1.165, 1.54) is 36.9 Å². The third kappa shape index (κ3) is 3.02. The third-order valence-electron chi connectivity index (χ3n) is 7.59. The number of nitrogens with zero attached hydrogens (tertiary/aromatic N) is 1. The molecule has 142 valence electrons. The minimum absolute atomic E-state index is 0.0720. The van der Waals surface area contributed by atoms with Gasteiger partial charge in [0, 0.05) is 24.4 Å². The first-order chi connectivity index (χ1) is 12.5. The van der Waals surface area contributed by atoms with Gasteiger partial charge in [0.15, 0.2) is 0 Å². The van der Waals surface area contributed by atoms with Crippen molar-refractivity contribution in [3.05, 3.63) is 29.3 Å². The summed E-state index contributed by atoms with van der Waals surface area (Å²) >= 11 is 0. The molecule has 4 rings (SSSR count). The van der Waals surface area contributed by atoms with Crippen LogP contribution in [0.5, 0.6) is 5.75 Å². The lowest BCUT2D eigenvalue weighted by Crippen LogP contribution is -2.60. The summed E-state index contributed by atoms with van der Waals surface area (Å²) in [6.07, 6.45) is 8.67. The second-order valence-electron chi connectivity index (χ2n) is 8.92. The maximum absolute atomic E-state index is 11.3. The normalized spacial score (nSPS) is 31.3. The number of fused-ring (bicyclic) bond motifs is 4. The summed E-state index contributed by atoms with van der Waals surface area (Å²) in [6.45, 7) is 4.78. The molecule has 1 heterocycles. The SMILES string of the molecule is C[C@H]1[C@H]2Cc3ccc(O)cc3C1(CCCC(N)=O)CCN2CC1CCC1. The Balaban J connectivity index is 1.64. The molecule has 1 saturated heterocycles. The zero-order valence-corrected chi connectivity index (χ0v) is 15.9. The first-order valence-electron chi connectivity index (χ1n) is 10.3. The number of benzene rings is 1. The van der Waals surface area contributed by atoms with Crippen LogP contribution in [0.3, 0.4) is 0 Å². The van der Waals surface area contributed by atoms with Crippen LogP contribution in [-0.4, -0.2) is 35.0 Å². The number of hydrogen-bond acceptors (Lipinski definition) is 3. The highest BCUT2D eigenvalue weighted by Crippen LogP contribution is 2.52. The number of hydrogen-bond donors (Lipinski definition) is 2. The zero-order valence-electron chi connectivity index (χ0n) is 15.9. The maximum Gasteiger partial charge on any atom is 0.217 e. The summed E-state index contributed by atoms with van der Waals surface area (Å²) in [4.78, 5) is 14.0. The summed E-state index contributed by atoms with van der Waals surface area (Å²) < 4.78 is 0. The molecule has 2 aliphatic carbocycles. The Morgan fingerprint density at radius 3 is 2.88 bits per heavy atom. The van der Waals surface area contributed by atoms with E-state index in [0.717, 1.165) is 38.1 Å². The molecule has 1 amide bonds. The van der Waals surface area contributed by atoms with Crippen LogP contribution in [0, 0.1) is 11.8 Å². The van der Waals surface area contributed by atoms with Gasteiger partial charge in [-0.15, -0.1) is 0 Å². The van der Waals surface area contributed by atoms with Crippen molar-refractivity contribution in [1.29, 1.82) is 0 Å². The molecule has 3 N–H and O–H groups in total. The number of primary amides is 1. The van der Waals surface area contributed by atoms with Crippen molar-refractivity contribution in [2.45, 2.75) is 69.7 Å². The molecule has 4 heteroatoms. The number of carbonyl (C=O) groups is 1. The Kier molecular flexibility index (Phi) is 4.72. The number of rotatable bonds is 6. The molecule has 4 nitrogen and oxygen atoms in total. The number of nitrogens with two attached hydrogens (primary N) is 1. The molecule has 1 saturated carbocycles. The van der Waals surface area contributed by atoms with E-state index in [1.807, 2.05) is 12.1 Å². The Morgan fingerprint density at radius 1 is 1.38 bits per heavy atom. The van der Waals surface area contributed by atoms with Crippen LogP contribution in [0.1, 0.15) is 63.0 Å². The van der Waals surface area contributed by atoms with Crippen molar-refractivity contribution in [3.8, 4) is 5.75 Å². The lowest BCUT2D eigenvalue weighted by molar-refractivity contribution is -0.118. The van der Waals surface area contributed by atoms with Gasteiger partial charge in [0.25, 0.3) is 0 Å². The molecule has 1 aliphatic heterocycles. The number of phenolic OH excluding ortho intramolecular Hbond substituents is 1.